The lowest BCUT2D eigenvalue weighted by molar-refractivity contribution is -0.143. The maximum atomic E-state index is 13.3. The van der Waals surface area contributed by atoms with Gasteiger partial charge in [0.2, 0.25) is 0 Å². The molecule has 1 aromatic heterocycles. The van der Waals surface area contributed by atoms with Crippen molar-refractivity contribution < 1.29 is 22.7 Å². The van der Waals surface area contributed by atoms with Crippen molar-refractivity contribution in [3.8, 4) is 5.69 Å². The molecule has 118 valence electrons. The smallest absolute Gasteiger partial charge is 0.434 e. The average Bonchev–Trinajstić information content (AvgIpc) is 2.87. The molecule has 0 atom stereocenters. The second-order valence-corrected chi connectivity index (χ2v) is 4.89. The Balaban J connectivity index is 2.68. The number of nitrogens with zero attached hydrogens (tertiary/aromatic N) is 2. The van der Waals surface area contributed by atoms with Crippen LogP contribution in [0.4, 0.5) is 13.2 Å². The van der Waals surface area contributed by atoms with Gasteiger partial charge in [0.15, 0.2) is 5.69 Å². The highest BCUT2D eigenvalue weighted by Gasteiger charge is 2.41. The van der Waals surface area contributed by atoms with E-state index in [2.05, 4.69) is 9.84 Å². The largest absolute Gasteiger partial charge is 0.462 e. The average molecular weight is 353 g/mol. The van der Waals surface area contributed by atoms with E-state index in [0.29, 0.717) is 4.68 Å². The Morgan fingerprint density at radius 1 is 1.36 bits per heavy atom. The van der Waals surface area contributed by atoms with Crippen molar-refractivity contribution in [3.63, 3.8) is 0 Å². The SMILES string of the molecule is CCOC(=O)c1cnn(-c2cccc(Cl)c2Cl)c1C(F)(F)F. The fourth-order valence-electron chi connectivity index (χ4n) is 1.82. The van der Waals surface area contributed by atoms with Crippen molar-refractivity contribution in [2.45, 2.75) is 13.1 Å². The molecule has 0 unspecified atom stereocenters. The van der Waals surface area contributed by atoms with Gasteiger partial charge in [0.25, 0.3) is 0 Å². The van der Waals surface area contributed by atoms with Crippen LogP contribution in [0.5, 0.6) is 0 Å². The molecule has 0 aliphatic rings. The number of hydrogen-bond donors (Lipinski definition) is 0. The van der Waals surface area contributed by atoms with E-state index < -0.39 is 23.4 Å². The van der Waals surface area contributed by atoms with Crippen molar-refractivity contribution in [3.05, 3.63) is 45.7 Å². The predicted octanol–water partition coefficient (Wildman–Crippen LogP) is 4.37. The van der Waals surface area contributed by atoms with Crippen LogP contribution in [-0.4, -0.2) is 22.4 Å². The zero-order valence-corrected chi connectivity index (χ0v) is 12.6. The predicted molar refractivity (Wildman–Crippen MR) is 74.5 cm³/mol. The number of ether oxygens (including phenoxy) is 1. The van der Waals surface area contributed by atoms with Gasteiger partial charge in [-0.1, -0.05) is 29.3 Å². The molecule has 4 nitrogen and oxygen atoms in total. The molecule has 0 radical (unpaired) electrons. The Bertz CT molecular complexity index is 714. The van der Waals surface area contributed by atoms with Crippen LogP contribution in [0.2, 0.25) is 10.0 Å². The molecular formula is C13H9Cl2F3N2O2. The molecule has 0 fully saturated rings. The zero-order valence-electron chi connectivity index (χ0n) is 11.1. The Labute approximate surface area is 133 Å². The van der Waals surface area contributed by atoms with Crippen LogP contribution in [0.3, 0.4) is 0 Å². The Morgan fingerprint density at radius 3 is 2.64 bits per heavy atom. The van der Waals surface area contributed by atoms with E-state index in [1.807, 2.05) is 0 Å². The molecule has 0 aliphatic heterocycles. The van der Waals surface area contributed by atoms with E-state index in [-0.39, 0.29) is 22.3 Å². The van der Waals surface area contributed by atoms with Crippen LogP contribution < -0.4 is 0 Å². The maximum absolute atomic E-state index is 13.3. The molecule has 1 aromatic carbocycles. The van der Waals surface area contributed by atoms with E-state index in [0.717, 1.165) is 6.20 Å². The summed E-state index contributed by atoms with van der Waals surface area (Å²) in [6.45, 7) is 1.43. The number of halogens is 5. The highest BCUT2D eigenvalue weighted by molar-refractivity contribution is 6.43. The summed E-state index contributed by atoms with van der Waals surface area (Å²) in [7, 11) is 0. The van der Waals surface area contributed by atoms with E-state index in [1.54, 1.807) is 0 Å². The van der Waals surface area contributed by atoms with Gasteiger partial charge in [-0.15, -0.1) is 0 Å². The molecular weight excluding hydrogens is 344 g/mol. The summed E-state index contributed by atoms with van der Waals surface area (Å²) in [4.78, 5) is 11.7. The Kier molecular flexibility index (Phi) is 4.67. The number of alkyl halides is 3. The lowest BCUT2D eigenvalue weighted by Crippen LogP contribution is -2.18. The molecule has 0 spiro atoms. The summed E-state index contributed by atoms with van der Waals surface area (Å²) in [5.41, 5.74) is -2.04. The Morgan fingerprint density at radius 2 is 2.05 bits per heavy atom. The van der Waals surface area contributed by atoms with Crippen LogP contribution >= 0.6 is 23.2 Å². The monoisotopic (exact) mass is 352 g/mol. The van der Waals surface area contributed by atoms with Crippen molar-refractivity contribution >= 4 is 29.2 Å². The first-order valence-electron chi connectivity index (χ1n) is 6.04. The molecule has 0 N–H and O–H groups in total. The minimum atomic E-state index is -4.83. The van der Waals surface area contributed by atoms with Gasteiger partial charge in [0.05, 0.1) is 28.5 Å². The lowest BCUT2D eigenvalue weighted by atomic mass is 10.2. The number of hydrogen-bond acceptors (Lipinski definition) is 3. The van der Waals surface area contributed by atoms with Crippen molar-refractivity contribution in [2.24, 2.45) is 0 Å². The first kappa shape index (κ1) is 16.6. The lowest BCUT2D eigenvalue weighted by Gasteiger charge is -2.13. The normalized spacial score (nSPS) is 11.5. The van der Waals surface area contributed by atoms with Crippen LogP contribution in [0, 0.1) is 0 Å². The third-order valence-corrected chi connectivity index (χ3v) is 3.50. The van der Waals surface area contributed by atoms with Crippen LogP contribution in [0.25, 0.3) is 5.69 Å². The maximum Gasteiger partial charge on any atom is 0.434 e. The number of rotatable bonds is 3. The Hall–Kier alpha value is -1.73. The minimum Gasteiger partial charge on any atom is -0.462 e. The fourth-order valence-corrected chi connectivity index (χ4v) is 2.19. The second-order valence-electron chi connectivity index (χ2n) is 4.11. The summed E-state index contributed by atoms with van der Waals surface area (Å²) >= 11 is 11.7. The van der Waals surface area contributed by atoms with Gasteiger partial charge in [0, 0.05) is 0 Å². The van der Waals surface area contributed by atoms with Crippen molar-refractivity contribution in [1.82, 2.24) is 9.78 Å². The van der Waals surface area contributed by atoms with Gasteiger partial charge >= 0.3 is 12.1 Å². The minimum absolute atomic E-state index is 0.0563. The van der Waals surface area contributed by atoms with E-state index >= 15 is 0 Å². The highest BCUT2D eigenvalue weighted by atomic mass is 35.5. The molecule has 1 heterocycles. The number of aromatic nitrogens is 2. The topological polar surface area (TPSA) is 44.1 Å². The molecule has 0 bridgehead atoms. The third kappa shape index (κ3) is 3.05. The van der Waals surface area contributed by atoms with Gasteiger partial charge in [0.1, 0.15) is 5.56 Å². The van der Waals surface area contributed by atoms with Crippen molar-refractivity contribution in [1.29, 1.82) is 0 Å². The van der Waals surface area contributed by atoms with Gasteiger partial charge in [-0.05, 0) is 19.1 Å². The van der Waals surface area contributed by atoms with Crippen molar-refractivity contribution in [2.75, 3.05) is 6.61 Å². The summed E-state index contributed by atoms with van der Waals surface area (Å²) in [5.74, 6) is -1.11. The molecule has 9 heteroatoms. The summed E-state index contributed by atoms with van der Waals surface area (Å²) < 4.78 is 45.1. The molecule has 0 saturated heterocycles. The number of benzene rings is 1. The van der Waals surface area contributed by atoms with E-state index in [4.69, 9.17) is 23.2 Å². The zero-order chi connectivity index (χ0) is 16.5. The van der Waals surface area contributed by atoms with Crippen LogP contribution in [0.1, 0.15) is 23.0 Å². The molecule has 22 heavy (non-hydrogen) atoms. The molecule has 0 amide bonds. The van der Waals surface area contributed by atoms with Crippen LogP contribution in [-0.2, 0) is 10.9 Å². The van der Waals surface area contributed by atoms with Gasteiger partial charge in [-0.2, -0.15) is 18.3 Å². The number of carbonyl (C=O) groups is 1. The standard InChI is InChI=1S/C13H9Cl2F3N2O2/c1-2-22-12(21)7-6-19-20(11(7)13(16,17)18)9-5-3-4-8(14)10(9)15/h3-6H,2H2,1H3. The second kappa shape index (κ2) is 6.18. The van der Waals surface area contributed by atoms with Crippen LogP contribution in [0.15, 0.2) is 24.4 Å². The molecule has 2 aromatic rings. The van der Waals surface area contributed by atoms with Gasteiger partial charge < -0.3 is 4.74 Å². The number of esters is 1. The third-order valence-electron chi connectivity index (χ3n) is 2.69. The van der Waals surface area contributed by atoms with E-state index in [1.165, 1.54) is 25.1 Å². The quantitative estimate of drug-likeness (QED) is 0.770. The summed E-state index contributed by atoms with van der Waals surface area (Å²) in [6.07, 6.45) is -4.04. The first-order chi connectivity index (χ1) is 10.3. The van der Waals surface area contributed by atoms with Gasteiger partial charge in [-0.3, -0.25) is 0 Å². The summed E-state index contributed by atoms with van der Waals surface area (Å²) in [6, 6.07) is 4.16. The molecule has 0 saturated carbocycles. The molecule has 0 aliphatic carbocycles. The number of carbonyl (C=O) groups excluding carboxylic acids is 1. The highest BCUT2D eigenvalue weighted by Crippen LogP contribution is 2.36. The molecule has 2 rings (SSSR count). The fraction of sp³-hybridized carbons (Fsp3) is 0.231. The van der Waals surface area contributed by atoms with E-state index in [9.17, 15) is 18.0 Å². The summed E-state index contributed by atoms with van der Waals surface area (Å²) in [5, 5.41) is 3.58. The first-order valence-corrected chi connectivity index (χ1v) is 6.79. The van der Waals surface area contributed by atoms with Gasteiger partial charge in [-0.25, -0.2) is 9.48 Å².